The second kappa shape index (κ2) is 9.88. The number of benzene rings is 2. The van der Waals surface area contributed by atoms with Gasteiger partial charge in [-0.2, -0.15) is 0 Å². The highest BCUT2D eigenvalue weighted by Crippen LogP contribution is 2.39. The van der Waals surface area contributed by atoms with Crippen LogP contribution < -0.4 is 19.7 Å². The van der Waals surface area contributed by atoms with Gasteiger partial charge in [-0.1, -0.05) is 6.07 Å². The van der Waals surface area contributed by atoms with E-state index in [-0.39, 0.29) is 17.9 Å². The topological polar surface area (TPSA) is 76.2 Å². The average Bonchev–Trinajstić information content (AvgIpc) is 3.52. The number of anilines is 1. The third-order valence-corrected chi connectivity index (χ3v) is 8.55. The summed E-state index contributed by atoms with van der Waals surface area (Å²) in [6.45, 7) is 8.47. The molecule has 8 nitrogen and oxygen atoms in total. The van der Waals surface area contributed by atoms with E-state index >= 15 is 0 Å². The van der Waals surface area contributed by atoms with Gasteiger partial charge in [-0.05, 0) is 42.3 Å². The van der Waals surface area contributed by atoms with Gasteiger partial charge in [-0.25, -0.2) is 4.98 Å². The number of nitrogens with one attached hydrogen (secondary N) is 1. The lowest BCUT2D eigenvalue weighted by atomic mass is 10.0. The minimum Gasteiger partial charge on any atom is -0.495 e. The first-order valence-corrected chi connectivity index (χ1v) is 13.5. The Morgan fingerprint density at radius 1 is 1.11 bits per heavy atom. The van der Waals surface area contributed by atoms with Gasteiger partial charge in [0.05, 0.1) is 47.8 Å². The van der Waals surface area contributed by atoms with E-state index in [2.05, 4.69) is 50.4 Å². The Balaban J connectivity index is 1.24. The van der Waals surface area contributed by atoms with Crippen molar-refractivity contribution in [3.8, 4) is 22.6 Å². The number of hydrogen-bond donors (Lipinski definition) is 1. The molecule has 9 heteroatoms. The number of nitrogens with zero attached hydrogens (tertiary/aromatic N) is 3. The summed E-state index contributed by atoms with van der Waals surface area (Å²) in [6, 6.07) is 11.2. The van der Waals surface area contributed by atoms with E-state index in [0.717, 1.165) is 77.9 Å². The molecule has 1 unspecified atom stereocenters. The second-order valence-electron chi connectivity index (χ2n) is 9.87. The zero-order chi connectivity index (χ0) is 24.6. The van der Waals surface area contributed by atoms with Crippen molar-refractivity contribution in [2.75, 3.05) is 57.9 Å². The zero-order valence-corrected chi connectivity index (χ0v) is 21.6. The van der Waals surface area contributed by atoms with Crippen LogP contribution in [0.15, 0.2) is 35.8 Å². The smallest absolute Gasteiger partial charge is 0.220 e. The SMILES string of the molecule is COc1cc(-c2cc(O[C@H](C)C3CNC(=O)C3)c3scnc3c2)ccc1N1CCN(C2COC2)CC1. The summed E-state index contributed by atoms with van der Waals surface area (Å²) in [5.41, 5.74) is 6.00. The number of fused-ring (bicyclic) bond motifs is 1. The molecule has 0 aliphatic carbocycles. The highest BCUT2D eigenvalue weighted by molar-refractivity contribution is 7.17. The first kappa shape index (κ1) is 23.5. The summed E-state index contributed by atoms with van der Waals surface area (Å²) in [7, 11) is 1.74. The van der Waals surface area contributed by atoms with Gasteiger partial charge in [-0.3, -0.25) is 9.69 Å². The molecule has 6 rings (SSSR count). The number of hydrogen-bond acceptors (Lipinski definition) is 8. The van der Waals surface area contributed by atoms with E-state index in [1.54, 1.807) is 18.4 Å². The number of methoxy groups -OCH3 is 1. The number of rotatable bonds is 7. The number of aromatic nitrogens is 1. The molecule has 2 atom stereocenters. The van der Waals surface area contributed by atoms with Crippen LogP contribution in [0.25, 0.3) is 21.3 Å². The standard InChI is InChI=1S/C27H32N4O4S/c1-17(20-12-26(32)28-13-20)35-25-11-19(9-22-27(25)36-16-29-22)18-3-4-23(24(10-18)33-2)31-7-5-30(6-8-31)21-14-34-15-21/h3-4,9-11,16-17,20-21H,5-8,12-15H2,1-2H3,(H,28,32)/t17-,20?/m1/s1. The normalized spacial score (nSPS) is 21.9. The van der Waals surface area contributed by atoms with Crippen molar-refractivity contribution in [1.29, 1.82) is 0 Å². The van der Waals surface area contributed by atoms with Crippen LogP contribution in [0.2, 0.25) is 0 Å². The Morgan fingerprint density at radius 2 is 1.92 bits per heavy atom. The summed E-state index contributed by atoms with van der Waals surface area (Å²) < 4.78 is 18.7. The van der Waals surface area contributed by atoms with E-state index in [0.29, 0.717) is 19.0 Å². The molecule has 3 saturated heterocycles. The first-order valence-electron chi connectivity index (χ1n) is 12.6. The van der Waals surface area contributed by atoms with E-state index < -0.39 is 0 Å². The van der Waals surface area contributed by atoms with Crippen molar-refractivity contribution < 1.29 is 19.0 Å². The van der Waals surface area contributed by atoms with Gasteiger partial charge in [0, 0.05) is 45.1 Å². The van der Waals surface area contributed by atoms with E-state index in [4.69, 9.17) is 14.2 Å². The predicted octanol–water partition coefficient (Wildman–Crippen LogP) is 3.40. The van der Waals surface area contributed by atoms with Crippen molar-refractivity contribution in [2.45, 2.75) is 25.5 Å². The molecule has 0 spiro atoms. The maximum absolute atomic E-state index is 11.7. The van der Waals surface area contributed by atoms with Crippen LogP contribution in [0.4, 0.5) is 5.69 Å². The highest BCUT2D eigenvalue weighted by atomic mass is 32.1. The molecule has 1 aromatic heterocycles. The molecule has 1 N–H and O–H groups in total. The van der Waals surface area contributed by atoms with E-state index in [1.165, 1.54) is 0 Å². The molecule has 4 heterocycles. The monoisotopic (exact) mass is 508 g/mol. The maximum Gasteiger partial charge on any atom is 0.220 e. The summed E-state index contributed by atoms with van der Waals surface area (Å²) in [4.78, 5) is 21.2. The number of ether oxygens (including phenoxy) is 3. The van der Waals surface area contributed by atoms with Crippen molar-refractivity contribution in [2.24, 2.45) is 5.92 Å². The van der Waals surface area contributed by atoms with Crippen LogP contribution in [0.3, 0.4) is 0 Å². The molecular formula is C27H32N4O4S. The van der Waals surface area contributed by atoms with Crippen molar-refractivity contribution in [3.63, 3.8) is 0 Å². The second-order valence-corrected chi connectivity index (χ2v) is 10.7. The Labute approximate surface area is 215 Å². The fraction of sp³-hybridized carbons (Fsp3) is 0.481. The van der Waals surface area contributed by atoms with Crippen LogP contribution in [0, 0.1) is 5.92 Å². The van der Waals surface area contributed by atoms with Crippen LogP contribution >= 0.6 is 11.3 Å². The molecule has 36 heavy (non-hydrogen) atoms. The zero-order valence-electron chi connectivity index (χ0n) is 20.7. The van der Waals surface area contributed by atoms with Gasteiger partial charge in [0.1, 0.15) is 17.6 Å². The molecule has 2 aromatic carbocycles. The minimum atomic E-state index is -0.0772. The molecule has 190 valence electrons. The lowest BCUT2D eigenvalue weighted by molar-refractivity contribution is -0.119. The third-order valence-electron chi connectivity index (χ3n) is 7.69. The lowest BCUT2D eigenvalue weighted by Gasteiger charge is -2.43. The van der Waals surface area contributed by atoms with Crippen LogP contribution in [0.5, 0.6) is 11.5 Å². The molecule has 3 aliphatic rings. The fourth-order valence-electron chi connectivity index (χ4n) is 5.33. The molecule has 0 radical (unpaired) electrons. The molecule has 1 amide bonds. The Hall–Kier alpha value is -2.88. The Morgan fingerprint density at radius 3 is 2.61 bits per heavy atom. The number of piperazine rings is 1. The average molecular weight is 509 g/mol. The first-order chi connectivity index (χ1) is 17.6. The molecular weight excluding hydrogens is 476 g/mol. The molecule has 3 aromatic rings. The van der Waals surface area contributed by atoms with Crippen molar-refractivity contribution >= 4 is 33.1 Å². The van der Waals surface area contributed by atoms with Crippen LogP contribution in [-0.2, 0) is 9.53 Å². The minimum absolute atomic E-state index is 0.0772. The number of thiazole rings is 1. The summed E-state index contributed by atoms with van der Waals surface area (Å²) >= 11 is 1.58. The van der Waals surface area contributed by atoms with Crippen molar-refractivity contribution in [1.82, 2.24) is 15.2 Å². The van der Waals surface area contributed by atoms with Gasteiger partial charge < -0.3 is 24.4 Å². The summed E-state index contributed by atoms with van der Waals surface area (Å²) in [5.74, 6) is 1.95. The number of carbonyl (C=O) groups is 1. The molecule has 3 aliphatic heterocycles. The third kappa shape index (κ3) is 4.51. The number of carbonyl (C=O) groups excluding carboxylic acids is 1. The molecule has 3 fully saturated rings. The van der Waals surface area contributed by atoms with Gasteiger partial charge >= 0.3 is 0 Å². The van der Waals surface area contributed by atoms with Crippen LogP contribution in [-0.4, -0.2) is 81.0 Å². The lowest BCUT2D eigenvalue weighted by Crippen LogP contribution is -2.56. The van der Waals surface area contributed by atoms with Crippen LogP contribution in [0.1, 0.15) is 13.3 Å². The predicted molar refractivity (Wildman–Crippen MR) is 141 cm³/mol. The van der Waals surface area contributed by atoms with E-state index in [9.17, 15) is 4.79 Å². The Kier molecular flexibility index (Phi) is 6.45. The Bertz CT molecular complexity index is 1250. The highest BCUT2D eigenvalue weighted by Gasteiger charge is 2.30. The van der Waals surface area contributed by atoms with Crippen molar-refractivity contribution in [3.05, 3.63) is 35.8 Å². The largest absolute Gasteiger partial charge is 0.495 e. The van der Waals surface area contributed by atoms with Gasteiger partial charge in [0.15, 0.2) is 0 Å². The fourth-order valence-corrected chi connectivity index (χ4v) is 6.06. The molecule has 0 saturated carbocycles. The van der Waals surface area contributed by atoms with E-state index in [1.807, 2.05) is 12.4 Å². The van der Waals surface area contributed by atoms with Gasteiger partial charge in [0.2, 0.25) is 5.91 Å². The quantitative estimate of drug-likeness (QED) is 0.524. The molecule has 0 bridgehead atoms. The maximum atomic E-state index is 11.7. The summed E-state index contributed by atoms with van der Waals surface area (Å²) in [6.07, 6.45) is 0.431. The van der Waals surface area contributed by atoms with Gasteiger partial charge in [0.25, 0.3) is 0 Å². The van der Waals surface area contributed by atoms with Gasteiger partial charge in [-0.15, -0.1) is 11.3 Å². The summed E-state index contributed by atoms with van der Waals surface area (Å²) in [5, 5.41) is 2.91. The number of amides is 1.